The maximum absolute atomic E-state index is 13.7. The summed E-state index contributed by atoms with van der Waals surface area (Å²) in [6.45, 7) is -0.419. The third-order valence-electron chi connectivity index (χ3n) is 2.53. The Labute approximate surface area is 103 Å². The van der Waals surface area contributed by atoms with Crippen molar-refractivity contribution in [1.29, 1.82) is 0 Å². The Kier molecular flexibility index (Phi) is 3.89. The molecule has 0 aromatic heterocycles. The summed E-state index contributed by atoms with van der Waals surface area (Å²) in [4.78, 5) is 0. The molecule has 2 nitrogen and oxygen atoms in total. The summed E-state index contributed by atoms with van der Waals surface area (Å²) in [5.41, 5.74) is 0.824. The van der Waals surface area contributed by atoms with Gasteiger partial charge in [0.25, 0.3) is 0 Å². The van der Waals surface area contributed by atoms with Crippen LogP contribution in [-0.4, -0.2) is 5.11 Å². The average Bonchev–Trinajstić information content (AvgIpc) is 2.40. The molecule has 1 N–H and O–H groups in total. The van der Waals surface area contributed by atoms with Crippen LogP contribution in [0.4, 0.5) is 8.78 Å². The van der Waals surface area contributed by atoms with Gasteiger partial charge in [0.2, 0.25) is 0 Å². The van der Waals surface area contributed by atoms with E-state index in [1.807, 2.05) is 18.2 Å². The third-order valence-corrected chi connectivity index (χ3v) is 2.53. The van der Waals surface area contributed by atoms with Crippen molar-refractivity contribution in [1.82, 2.24) is 0 Å². The second-order valence-corrected chi connectivity index (χ2v) is 3.78. The van der Waals surface area contributed by atoms with E-state index in [9.17, 15) is 8.78 Å². The topological polar surface area (TPSA) is 29.5 Å². The highest BCUT2D eigenvalue weighted by molar-refractivity contribution is 5.32. The fourth-order valence-electron chi connectivity index (χ4n) is 1.56. The fourth-order valence-corrected chi connectivity index (χ4v) is 1.56. The molecule has 0 heterocycles. The van der Waals surface area contributed by atoms with Gasteiger partial charge in [0.1, 0.15) is 6.61 Å². The number of hydrogen-bond donors (Lipinski definition) is 1. The molecule has 18 heavy (non-hydrogen) atoms. The first-order valence-electron chi connectivity index (χ1n) is 5.47. The summed E-state index contributed by atoms with van der Waals surface area (Å²) < 4.78 is 32.3. The molecule has 0 amide bonds. The minimum Gasteiger partial charge on any atom is -0.483 e. The van der Waals surface area contributed by atoms with Crippen LogP contribution in [0, 0.1) is 11.6 Å². The SMILES string of the molecule is OCc1ccc(F)c(OCc2ccccc2)c1F. The van der Waals surface area contributed by atoms with Crippen LogP contribution >= 0.6 is 0 Å². The first-order valence-corrected chi connectivity index (χ1v) is 5.47. The zero-order chi connectivity index (χ0) is 13.0. The predicted molar refractivity (Wildman–Crippen MR) is 63.1 cm³/mol. The maximum atomic E-state index is 13.7. The Balaban J connectivity index is 2.19. The molecule has 0 unspecified atom stereocenters. The molecule has 0 bridgehead atoms. The summed E-state index contributed by atoms with van der Waals surface area (Å²) >= 11 is 0. The molecule has 0 aliphatic carbocycles. The van der Waals surface area contributed by atoms with Crippen LogP contribution in [0.2, 0.25) is 0 Å². The van der Waals surface area contributed by atoms with Gasteiger partial charge in [-0.25, -0.2) is 8.78 Å². The van der Waals surface area contributed by atoms with Gasteiger partial charge in [-0.05, 0) is 11.6 Å². The minimum absolute atomic E-state index is 0.0134. The predicted octanol–water partition coefficient (Wildman–Crippen LogP) is 3.04. The molecule has 0 atom stereocenters. The van der Waals surface area contributed by atoms with Gasteiger partial charge >= 0.3 is 0 Å². The van der Waals surface area contributed by atoms with Gasteiger partial charge in [0.05, 0.1) is 6.61 Å². The van der Waals surface area contributed by atoms with Crippen LogP contribution in [-0.2, 0) is 13.2 Å². The molecule has 0 aliphatic rings. The van der Waals surface area contributed by atoms with E-state index in [-0.39, 0.29) is 12.2 Å². The van der Waals surface area contributed by atoms with E-state index in [1.165, 1.54) is 6.07 Å². The van der Waals surface area contributed by atoms with Gasteiger partial charge < -0.3 is 9.84 Å². The van der Waals surface area contributed by atoms with Crippen molar-refractivity contribution >= 4 is 0 Å². The lowest BCUT2D eigenvalue weighted by atomic mass is 10.2. The lowest BCUT2D eigenvalue weighted by Gasteiger charge is -2.10. The van der Waals surface area contributed by atoms with Gasteiger partial charge in [-0.3, -0.25) is 0 Å². The summed E-state index contributed by atoms with van der Waals surface area (Å²) in [6, 6.07) is 11.3. The van der Waals surface area contributed by atoms with E-state index < -0.39 is 24.0 Å². The lowest BCUT2D eigenvalue weighted by Crippen LogP contribution is -2.02. The zero-order valence-electron chi connectivity index (χ0n) is 9.57. The van der Waals surface area contributed by atoms with Gasteiger partial charge in [-0.15, -0.1) is 0 Å². The van der Waals surface area contributed by atoms with Crippen molar-refractivity contribution < 1.29 is 18.6 Å². The number of halogens is 2. The molecule has 94 valence electrons. The fraction of sp³-hybridized carbons (Fsp3) is 0.143. The van der Waals surface area contributed by atoms with Gasteiger partial charge in [0, 0.05) is 5.56 Å². The lowest BCUT2D eigenvalue weighted by molar-refractivity contribution is 0.255. The van der Waals surface area contributed by atoms with Crippen LogP contribution in [0.3, 0.4) is 0 Å². The molecule has 2 aromatic carbocycles. The van der Waals surface area contributed by atoms with Crippen molar-refractivity contribution in [3.05, 3.63) is 65.2 Å². The van der Waals surface area contributed by atoms with Crippen molar-refractivity contribution in [2.45, 2.75) is 13.2 Å². The van der Waals surface area contributed by atoms with Crippen LogP contribution in [0.5, 0.6) is 5.75 Å². The Morgan fingerprint density at radius 3 is 2.39 bits per heavy atom. The van der Waals surface area contributed by atoms with Crippen LogP contribution in [0.1, 0.15) is 11.1 Å². The highest BCUT2D eigenvalue weighted by Gasteiger charge is 2.14. The van der Waals surface area contributed by atoms with Gasteiger partial charge in [0.15, 0.2) is 17.4 Å². The number of hydrogen-bond acceptors (Lipinski definition) is 2. The average molecular weight is 250 g/mol. The molecule has 0 aliphatic heterocycles. The van der Waals surface area contributed by atoms with Crippen molar-refractivity contribution in [2.24, 2.45) is 0 Å². The molecule has 0 radical (unpaired) electrons. The second kappa shape index (κ2) is 5.60. The maximum Gasteiger partial charge on any atom is 0.191 e. The molecule has 2 rings (SSSR count). The normalized spacial score (nSPS) is 10.4. The summed E-state index contributed by atoms with van der Waals surface area (Å²) in [6.07, 6.45) is 0. The number of aliphatic hydroxyl groups is 1. The number of rotatable bonds is 4. The van der Waals surface area contributed by atoms with E-state index in [1.54, 1.807) is 12.1 Å². The Hall–Kier alpha value is -1.94. The Bertz CT molecular complexity index is 527. The highest BCUT2D eigenvalue weighted by atomic mass is 19.1. The number of aliphatic hydroxyl groups excluding tert-OH is 1. The molecular weight excluding hydrogens is 238 g/mol. The monoisotopic (exact) mass is 250 g/mol. The summed E-state index contributed by atoms with van der Waals surface area (Å²) in [7, 11) is 0. The largest absolute Gasteiger partial charge is 0.483 e. The molecule has 0 saturated carbocycles. The zero-order valence-corrected chi connectivity index (χ0v) is 9.57. The van der Waals surface area contributed by atoms with Crippen molar-refractivity contribution in [3.8, 4) is 5.75 Å². The molecule has 4 heteroatoms. The molecular formula is C14H12F2O2. The van der Waals surface area contributed by atoms with E-state index in [4.69, 9.17) is 9.84 Å². The minimum atomic E-state index is -0.853. The Morgan fingerprint density at radius 2 is 1.72 bits per heavy atom. The first kappa shape index (κ1) is 12.5. The van der Waals surface area contributed by atoms with E-state index in [2.05, 4.69) is 0 Å². The van der Waals surface area contributed by atoms with E-state index >= 15 is 0 Å². The highest BCUT2D eigenvalue weighted by Crippen LogP contribution is 2.25. The summed E-state index contributed by atoms with van der Waals surface area (Å²) in [5, 5.41) is 8.90. The molecule has 2 aromatic rings. The van der Waals surface area contributed by atoms with E-state index in [0.717, 1.165) is 11.6 Å². The quantitative estimate of drug-likeness (QED) is 0.903. The molecule has 0 spiro atoms. The third kappa shape index (κ3) is 2.65. The van der Waals surface area contributed by atoms with Crippen LogP contribution < -0.4 is 4.74 Å². The second-order valence-electron chi connectivity index (χ2n) is 3.78. The van der Waals surface area contributed by atoms with Gasteiger partial charge in [-0.2, -0.15) is 0 Å². The van der Waals surface area contributed by atoms with E-state index in [0.29, 0.717) is 0 Å². The molecule has 0 fully saturated rings. The van der Waals surface area contributed by atoms with Crippen molar-refractivity contribution in [2.75, 3.05) is 0 Å². The molecule has 0 saturated heterocycles. The van der Waals surface area contributed by atoms with Crippen LogP contribution in [0.15, 0.2) is 42.5 Å². The number of benzene rings is 2. The standard InChI is InChI=1S/C14H12F2O2/c15-12-7-6-11(8-17)13(16)14(12)18-9-10-4-2-1-3-5-10/h1-7,17H,8-9H2. The van der Waals surface area contributed by atoms with Crippen LogP contribution in [0.25, 0.3) is 0 Å². The first-order chi connectivity index (χ1) is 8.72. The number of ether oxygens (including phenoxy) is 1. The Morgan fingerprint density at radius 1 is 1.00 bits per heavy atom. The smallest absolute Gasteiger partial charge is 0.191 e. The summed E-state index contributed by atoms with van der Waals surface area (Å²) in [5.74, 6) is -2.08. The van der Waals surface area contributed by atoms with Crippen molar-refractivity contribution in [3.63, 3.8) is 0 Å². The van der Waals surface area contributed by atoms with Gasteiger partial charge in [-0.1, -0.05) is 36.4 Å².